The molecule has 2 aromatic heterocycles. The maximum absolute atomic E-state index is 12.4. The molecule has 1 saturated heterocycles. The van der Waals surface area contributed by atoms with Gasteiger partial charge in [0.25, 0.3) is 11.5 Å². The van der Waals surface area contributed by atoms with Gasteiger partial charge < -0.3 is 9.73 Å². The summed E-state index contributed by atoms with van der Waals surface area (Å²) in [6.07, 6.45) is 3.77. The number of hydrogen-bond donors (Lipinski definition) is 1. The number of likely N-dealkylation sites (tertiary alicyclic amines) is 1. The Balaban J connectivity index is 1.59. The highest BCUT2D eigenvalue weighted by Gasteiger charge is 2.22. The van der Waals surface area contributed by atoms with Gasteiger partial charge in [-0.2, -0.15) is 0 Å². The first-order chi connectivity index (χ1) is 12.5. The van der Waals surface area contributed by atoms with Crippen LogP contribution in [0.25, 0.3) is 0 Å². The van der Waals surface area contributed by atoms with Crippen LogP contribution in [-0.2, 0) is 20.6 Å². The van der Waals surface area contributed by atoms with Gasteiger partial charge in [-0.05, 0) is 37.4 Å². The van der Waals surface area contributed by atoms with Crippen molar-refractivity contribution in [1.82, 2.24) is 19.4 Å². The van der Waals surface area contributed by atoms with Crippen molar-refractivity contribution < 1.29 is 9.21 Å². The van der Waals surface area contributed by atoms with E-state index in [2.05, 4.69) is 10.2 Å². The molecule has 0 aromatic carbocycles. The normalized spacial score (nSPS) is 18.0. The molecule has 1 aliphatic rings. The number of hydrogen-bond acceptors (Lipinski definition) is 5. The molecular formula is C18H24N4O4. The number of amides is 1. The molecule has 8 nitrogen and oxygen atoms in total. The fraction of sp³-hybridized carbons (Fsp3) is 0.500. The van der Waals surface area contributed by atoms with Crippen LogP contribution in [0.5, 0.6) is 0 Å². The summed E-state index contributed by atoms with van der Waals surface area (Å²) in [7, 11) is 2.88. The van der Waals surface area contributed by atoms with Gasteiger partial charge in [0.2, 0.25) is 0 Å². The largest absolute Gasteiger partial charge is 0.468 e. The van der Waals surface area contributed by atoms with E-state index in [0.29, 0.717) is 12.5 Å². The third-order valence-corrected chi connectivity index (χ3v) is 4.87. The molecule has 0 bridgehead atoms. The molecule has 0 spiro atoms. The van der Waals surface area contributed by atoms with Gasteiger partial charge in [-0.3, -0.25) is 23.6 Å². The van der Waals surface area contributed by atoms with Crippen molar-refractivity contribution in [3.05, 3.63) is 56.8 Å². The maximum Gasteiger partial charge on any atom is 0.331 e. The highest BCUT2D eigenvalue weighted by atomic mass is 16.3. The molecule has 140 valence electrons. The third kappa shape index (κ3) is 3.96. The van der Waals surface area contributed by atoms with Crippen LogP contribution in [0.3, 0.4) is 0 Å². The number of rotatable bonds is 5. The Morgan fingerprint density at radius 1 is 1.31 bits per heavy atom. The average Bonchev–Trinajstić information content (AvgIpc) is 3.14. The smallest absolute Gasteiger partial charge is 0.331 e. The molecule has 3 rings (SSSR count). The summed E-state index contributed by atoms with van der Waals surface area (Å²) >= 11 is 0. The van der Waals surface area contributed by atoms with Crippen LogP contribution in [0, 0.1) is 5.92 Å². The zero-order valence-corrected chi connectivity index (χ0v) is 15.1. The molecule has 1 N–H and O–H groups in total. The van der Waals surface area contributed by atoms with E-state index in [0.717, 1.165) is 42.8 Å². The number of nitrogens with one attached hydrogen (secondary N) is 1. The Hall–Kier alpha value is -2.61. The molecule has 0 radical (unpaired) electrons. The lowest BCUT2D eigenvalue weighted by atomic mass is 9.98. The molecule has 3 heterocycles. The Morgan fingerprint density at radius 3 is 2.85 bits per heavy atom. The number of carbonyl (C=O) groups excluding carboxylic acids is 1. The van der Waals surface area contributed by atoms with Gasteiger partial charge in [0, 0.05) is 33.3 Å². The molecular weight excluding hydrogens is 336 g/mol. The van der Waals surface area contributed by atoms with E-state index in [1.54, 1.807) is 6.26 Å². The second kappa shape index (κ2) is 7.74. The summed E-state index contributed by atoms with van der Waals surface area (Å²) in [5.41, 5.74) is -0.910. The summed E-state index contributed by atoms with van der Waals surface area (Å²) in [6.45, 7) is 3.16. The highest BCUT2D eigenvalue weighted by Crippen LogP contribution is 2.18. The van der Waals surface area contributed by atoms with E-state index in [1.807, 2.05) is 12.1 Å². The number of furan rings is 1. The predicted molar refractivity (Wildman–Crippen MR) is 96.0 cm³/mol. The van der Waals surface area contributed by atoms with E-state index in [-0.39, 0.29) is 5.69 Å². The summed E-state index contributed by atoms with van der Waals surface area (Å²) in [6, 6.07) is 5.04. The van der Waals surface area contributed by atoms with Crippen LogP contribution in [0.2, 0.25) is 0 Å². The fourth-order valence-corrected chi connectivity index (χ4v) is 3.36. The summed E-state index contributed by atoms with van der Waals surface area (Å²) < 4.78 is 7.57. The Kier molecular flexibility index (Phi) is 5.41. The topological polar surface area (TPSA) is 89.5 Å². The van der Waals surface area contributed by atoms with Gasteiger partial charge in [0.05, 0.1) is 12.8 Å². The van der Waals surface area contributed by atoms with E-state index in [1.165, 1.54) is 24.7 Å². The van der Waals surface area contributed by atoms with Crippen molar-refractivity contribution in [2.75, 3.05) is 19.6 Å². The van der Waals surface area contributed by atoms with Crippen molar-refractivity contribution in [1.29, 1.82) is 0 Å². The lowest BCUT2D eigenvalue weighted by Gasteiger charge is -2.32. The average molecular weight is 360 g/mol. The molecule has 0 saturated carbocycles. The van der Waals surface area contributed by atoms with Crippen LogP contribution in [0.15, 0.2) is 38.5 Å². The van der Waals surface area contributed by atoms with E-state index < -0.39 is 17.2 Å². The maximum atomic E-state index is 12.4. The lowest BCUT2D eigenvalue weighted by molar-refractivity contribution is 0.0918. The first-order valence-electron chi connectivity index (χ1n) is 8.75. The molecule has 26 heavy (non-hydrogen) atoms. The van der Waals surface area contributed by atoms with Gasteiger partial charge in [0.15, 0.2) is 0 Å². The summed E-state index contributed by atoms with van der Waals surface area (Å²) in [5, 5.41) is 2.87. The van der Waals surface area contributed by atoms with E-state index >= 15 is 0 Å². The number of nitrogens with zero attached hydrogens (tertiary/aromatic N) is 3. The predicted octanol–water partition coefficient (Wildman–Crippen LogP) is 0.319. The van der Waals surface area contributed by atoms with Crippen LogP contribution in [0.1, 0.15) is 29.1 Å². The quantitative estimate of drug-likeness (QED) is 0.829. The monoisotopic (exact) mass is 360 g/mol. The van der Waals surface area contributed by atoms with Crippen LogP contribution < -0.4 is 16.6 Å². The Labute approximate surface area is 151 Å². The molecule has 8 heteroatoms. The van der Waals surface area contributed by atoms with E-state index in [9.17, 15) is 14.4 Å². The van der Waals surface area contributed by atoms with Crippen molar-refractivity contribution >= 4 is 5.91 Å². The second-order valence-corrected chi connectivity index (χ2v) is 6.80. The summed E-state index contributed by atoms with van der Waals surface area (Å²) in [5.74, 6) is 0.863. The minimum Gasteiger partial charge on any atom is -0.468 e. The molecule has 1 fully saturated rings. The number of carbonyl (C=O) groups is 1. The van der Waals surface area contributed by atoms with Crippen LogP contribution in [-0.4, -0.2) is 39.6 Å². The van der Waals surface area contributed by atoms with Crippen molar-refractivity contribution in [3.8, 4) is 0 Å². The van der Waals surface area contributed by atoms with Gasteiger partial charge in [-0.1, -0.05) is 0 Å². The molecule has 1 aliphatic heterocycles. The molecule has 0 unspecified atom stereocenters. The molecule has 0 aliphatic carbocycles. The highest BCUT2D eigenvalue weighted by molar-refractivity contribution is 5.92. The zero-order chi connectivity index (χ0) is 18.7. The van der Waals surface area contributed by atoms with Gasteiger partial charge in [-0.15, -0.1) is 0 Å². The van der Waals surface area contributed by atoms with Gasteiger partial charge >= 0.3 is 5.69 Å². The minimum absolute atomic E-state index is 0.0846. The zero-order valence-electron chi connectivity index (χ0n) is 15.1. The van der Waals surface area contributed by atoms with E-state index in [4.69, 9.17) is 4.42 Å². The SMILES string of the molecule is Cn1c(C(=O)NC[C@@H]2CCCN(Cc3ccco3)C2)cc(=O)n(C)c1=O. The Morgan fingerprint density at radius 2 is 2.12 bits per heavy atom. The first-order valence-corrected chi connectivity index (χ1v) is 8.75. The fourth-order valence-electron chi connectivity index (χ4n) is 3.36. The second-order valence-electron chi connectivity index (χ2n) is 6.80. The number of piperidine rings is 1. The van der Waals surface area contributed by atoms with Crippen molar-refractivity contribution in [2.45, 2.75) is 19.4 Å². The van der Waals surface area contributed by atoms with Crippen LogP contribution in [0.4, 0.5) is 0 Å². The first kappa shape index (κ1) is 18.2. The minimum atomic E-state index is -0.509. The van der Waals surface area contributed by atoms with Crippen LogP contribution >= 0.6 is 0 Å². The number of aromatic nitrogens is 2. The van der Waals surface area contributed by atoms with Crippen molar-refractivity contribution in [3.63, 3.8) is 0 Å². The molecule has 2 aromatic rings. The standard InChI is InChI=1S/C18H24N4O4/c1-20-15(9-16(23)21(2)18(20)25)17(24)19-10-13-5-3-7-22(11-13)12-14-6-4-8-26-14/h4,6,8-9,13H,3,5,7,10-12H2,1-2H3,(H,19,24)/t13-/m0/s1. The Bertz CT molecular complexity index is 882. The van der Waals surface area contributed by atoms with Gasteiger partial charge in [0.1, 0.15) is 11.5 Å². The molecule has 1 atom stereocenters. The van der Waals surface area contributed by atoms with Crippen molar-refractivity contribution in [2.24, 2.45) is 20.0 Å². The molecule has 1 amide bonds. The van der Waals surface area contributed by atoms with Gasteiger partial charge in [-0.25, -0.2) is 4.79 Å². The third-order valence-electron chi connectivity index (χ3n) is 4.87. The summed E-state index contributed by atoms with van der Waals surface area (Å²) in [4.78, 5) is 38.4. The lowest BCUT2D eigenvalue weighted by Crippen LogP contribution is -2.43.